The van der Waals surface area contributed by atoms with Gasteiger partial charge in [0.1, 0.15) is 5.82 Å². The van der Waals surface area contributed by atoms with E-state index in [0.29, 0.717) is 4.91 Å². The zero-order chi connectivity index (χ0) is 18.1. The largest absolute Gasteiger partial charge is 0.303 e. The third-order valence-electron chi connectivity index (χ3n) is 4.01. The lowest BCUT2D eigenvalue weighted by Gasteiger charge is -2.09. The van der Waals surface area contributed by atoms with Crippen molar-refractivity contribution in [3.8, 4) is 18.2 Å². The molecule has 126 valence electrons. The highest BCUT2D eigenvalue weighted by atomic mass is 32.2. The van der Waals surface area contributed by atoms with Crippen LogP contribution in [0.4, 0.5) is 4.79 Å². The molecule has 1 aliphatic heterocycles. The molecule has 5 nitrogen and oxygen atoms in total. The highest BCUT2D eigenvalue weighted by Gasteiger charge is 2.34. The number of amides is 2. The van der Waals surface area contributed by atoms with Crippen molar-refractivity contribution in [2.45, 2.75) is 20.8 Å². The second-order valence-corrected chi connectivity index (χ2v) is 6.82. The summed E-state index contributed by atoms with van der Waals surface area (Å²) in [6, 6.07) is 5.93. The summed E-state index contributed by atoms with van der Waals surface area (Å²) >= 11 is 0.917. The molecule has 0 N–H and O–H groups in total. The van der Waals surface area contributed by atoms with E-state index in [2.05, 4.69) is 10.9 Å². The molecule has 0 aliphatic carbocycles. The smallest absolute Gasteiger partial charge is 0.294 e. The topological polar surface area (TPSA) is 55.2 Å². The van der Waals surface area contributed by atoms with Crippen LogP contribution in [0.2, 0.25) is 0 Å². The van der Waals surface area contributed by atoms with Crippen LogP contribution >= 0.6 is 11.8 Å². The fraction of sp³-hybridized carbons (Fsp3) is 0.211. The van der Waals surface area contributed by atoms with Crippen molar-refractivity contribution < 1.29 is 9.59 Å². The van der Waals surface area contributed by atoms with Gasteiger partial charge in [-0.2, -0.15) is 0 Å². The van der Waals surface area contributed by atoms with Crippen molar-refractivity contribution in [1.82, 2.24) is 14.5 Å². The van der Waals surface area contributed by atoms with E-state index in [1.807, 2.05) is 43.5 Å². The summed E-state index contributed by atoms with van der Waals surface area (Å²) in [6.45, 7) is 5.96. The third kappa shape index (κ3) is 3.11. The first-order valence-corrected chi connectivity index (χ1v) is 8.55. The van der Waals surface area contributed by atoms with Crippen molar-refractivity contribution in [2.75, 3.05) is 6.54 Å². The number of thioether (sulfide) groups is 1. The van der Waals surface area contributed by atoms with Gasteiger partial charge in [0.05, 0.1) is 11.4 Å². The average molecular weight is 351 g/mol. The van der Waals surface area contributed by atoms with Crippen molar-refractivity contribution >= 4 is 29.0 Å². The molecule has 0 spiro atoms. The molecule has 6 heteroatoms. The maximum Gasteiger partial charge on any atom is 0.294 e. The van der Waals surface area contributed by atoms with Crippen LogP contribution in [0.25, 0.3) is 11.9 Å². The number of pyridine rings is 1. The fourth-order valence-corrected chi connectivity index (χ4v) is 3.63. The fourth-order valence-electron chi connectivity index (χ4n) is 2.80. The number of carbonyl (C=O) groups is 2. The van der Waals surface area contributed by atoms with Crippen LogP contribution in [-0.4, -0.2) is 32.1 Å². The van der Waals surface area contributed by atoms with E-state index in [9.17, 15) is 9.59 Å². The molecule has 2 aromatic rings. The molecular formula is C19H17N3O2S. The Morgan fingerprint density at radius 3 is 2.72 bits per heavy atom. The van der Waals surface area contributed by atoms with Crippen LogP contribution in [0.1, 0.15) is 22.5 Å². The van der Waals surface area contributed by atoms with Crippen LogP contribution in [0, 0.1) is 33.1 Å². The number of hydrogen-bond acceptors (Lipinski definition) is 4. The van der Waals surface area contributed by atoms with Gasteiger partial charge in [0.15, 0.2) is 0 Å². The Kier molecular flexibility index (Phi) is 4.51. The molecule has 0 saturated carbocycles. The summed E-state index contributed by atoms with van der Waals surface area (Å²) in [5, 5.41) is -0.330. The highest BCUT2D eigenvalue weighted by molar-refractivity contribution is 8.18. The van der Waals surface area contributed by atoms with E-state index in [1.165, 1.54) is 0 Å². The van der Waals surface area contributed by atoms with E-state index in [1.54, 1.807) is 12.3 Å². The number of aromatic nitrogens is 2. The first kappa shape index (κ1) is 17.1. The summed E-state index contributed by atoms with van der Waals surface area (Å²) in [6.07, 6.45) is 8.74. The third-order valence-corrected chi connectivity index (χ3v) is 4.92. The Bertz CT molecular complexity index is 950. The van der Waals surface area contributed by atoms with Gasteiger partial charge in [-0.05, 0) is 67.9 Å². The molecule has 3 heterocycles. The van der Waals surface area contributed by atoms with Gasteiger partial charge < -0.3 is 4.57 Å². The highest BCUT2D eigenvalue weighted by Crippen LogP contribution is 2.33. The van der Waals surface area contributed by atoms with E-state index < -0.39 is 0 Å². The summed E-state index contributed by atoms with van der Waals surface area (Å²) in [5.74, 6) is 2.83. The molecule has 25 heavy (non-hydrogen) atoms. The van der Waals surface area contributed by atoms with Crippen LogP contribution in [0.5, 0.6) is 0 Å². The lowest BCUT2D eigenvalue weighted by molar-refractivity contribution is -0.122. The van der Waals surface area contributed by atoms with E-state index in [0.717, 1.165) is 45.0 Å². The monoisotopic (exact) mass is 351 g/mol. The normalized spacial score (nSPS) is 15.9. The molecule has 0 radical (unpaired) electrons. The van der Waals surface area contributed by atoms with Gasteiger partial charge >= 0.3 is 0 Å². The second kappa shape index (κ2) is 6.61. The van der Waals surface area contributed by atoms with Gasteiger partial charge in [-0.15, -0.1) is 6.42 Å². The Hall–Kier alpha value is -2.78. The molecule has 1 aliphatic rings. The average Bonchev–Trinajstić information content (AvgIpc) is 2.98. The zero-order valence-electron chi connectivity index (χ0n) is 14.2. The quantitative estimate of drug-likeness (QED) is 0.628. The number of imide groups is 1. The van der Waals surface area contributed by atoms with E-state index in [-0.39, 0.29) is 17.7 Å². The van der Waals surface area contributed by atoms with Gasteiger partial charge in [0.2, 0.25) is 0 Å². The molecular weight excluding hydrogens is 334 g/mol. The Morgan fingerprint density at radius 1 is 1.28 bits per heavy atom. The van der Waals surface area contributed by atoms with Crippen molar-refractivity contribution in [1.29, 1.82) is 0 Å². The first-order chi connectivity index (χ1) is 11.9. The van der Waals surface area contributed by atoms with Crippen molar-refractivity contribution in [3.05, 3.63) is 51.8 Å². The molecule has 0 atom stereocenters. The van der Waals surface area contributed by atoms with Crippen LogP contribution in [0.3, 0.4) is 0 Å². The number of hydrogen-bond donors (Lipinski definition) is 0. The first-order valence-electron chi connectivity index (χ1n) is 7.73. The second-order valence-electron chi connectivity index (χ2n) is 5.83. The van der Waals surface area contributed by atoms with Crippen LogP contribution in [-0.2, 0) is 4.79 Å². The molecule has 3 rings (SSSR count). The summed E-state index contributed by atoms with van der Waals surface area (Å²) in [4.78, 5) is 30.1. The molecule has 1 saturated heterocycles. The summed E-state index contributed by atoms with van der Waals surface area (Å²) in [7, 11) is 0. The number of rotatable bonds is 3. The number of aryl methyl sites for hydroxylation is 2. The Morgan fingerprint density at radius 2 is 2.04 bits per heavy atom. The van der Waals surface area contributed by atoms with E-state index >= 15 is 0 Å². The van der Waals surface area contributed by atoms with Crippen molar-refractivity contribution in [3.63, 3.8) is 0 Å². The lowest BCUT2D eigenvalue weighted by Crippen LogP contribution is -2.28. The number of carbonyl (C=O) groups excluding carboxylic acids is 2. The van der Waals surface area contributed by atoms with E-state index in [4.69, 9.17) is 6.42 Å². The summed E-state index contributed by atoms with van der Waals surface area (Å²) < 4.78 is 2.03. The van der Waals surface area contributed by atoms with Gasteiger partial charge in [0.25, 0.3) is 11.1 Å². The minimum Gasteiger partial charge on any atom is -0.303 e. The van der Waals surface area contributed by atoms with Crippen LogP contribution in [0.15, 0.2) is 29.3 Å². The predicted octanol–water partition coefficient (Wildman–Crippen LogP) is 3.47. The molecule has 0 bridgehead atoms. The molecule has 0 unspecified atom stereocenters. The number of terminal acetylenes is 1. The predicted molar refractivity (Wildman–Crippen MR) is 99.3 cm³/mol. The van der Waals surface area contributed by atoms with Gasteiger partial charge in [-0.1, -0.05) is 5.92 Å². The lowest BCUT2D eigenvalue weighted by atomic mass is 10.2. The SMILES string of the molecule is C#CCN1C(=O)SC(=Cc2cc(C)n(-c3cc(C)ccn3)c2C)C1=O. The Balaban J connectivity index is 2.01. The maximum absolute atomic E-state index is 12.3. The number of nitrogens with zero attached hydrogens (tertiary/aromatic N) is 3. The molecule has 2 amide bonds. The Labute approximate surface area is 150 Å². The van der Waals surface area contributed by atoms with Crippen LogP contribution < -0.4 is 0 Å². The molecule has 2 aromatic heterocycles. The minimum atomic E-state index is -0.341. The van der Waals surface area contributed by atoms with Gasteiger partial charge in [-0.3, -0.25) is 14.5 Å². The maximum atomic E-state index is 12.3. The van der Waals surface area contributed by atoms with Gasteiger partial charge in [-0.25, -0.2) is 4.98 Å². The summed E-state index contributed by atoms with van der Waals surface area (Å²) in [5.41, 5.74) is 3.96. The zero-order valence-corrected chi connectivity index (χ0v) is 15.1. The van der Waals surface area contributed by atoms with Gasteiger partial charge in [0, 0.05) is 17.6 Å². The minimum absolute atomic E-state index is 0.00571. The molecule has 0 aromatic carbocycles. The van der Waals surface area contributed by atoms with Crippen molar-refractivity contribution in [2.24, 2.45) is 0 Å². The molecule has 1 fully saturated rings. The standard InChI is InChI=1S/C19H17N3O2S/c1-5-8-21-18(23)16(25-19(21)24)11-15-10-13(3)22(14(15)4)17-9-12(2)6-7-20-17/h1,6-7,9-11H,8H2,2-4H3.